The average molecular weight is 363 g/mol. The van der Waals surface area contributed by atoms with Gasteiger partial charge in [0.2, 0.25) is 5.88 Å². The van der Waals surface area contributed by atoms with Crippen LogP contribution in [0.1, 0.15) is 18.4 Å². The summed E-state index contributed by atoms with van der Waals surface area (Å²) in [4.78, 5) is 31.5. The van der Waals surface area contributed by atoms with E-state index in [4.69, 9.17) is 19.9 Å². The van der Waals surface area contributed by atoms with Gasteiger partial charge in [0.05, 0.1) is 30.9 Å². The minimum absolute atomic E-state index is 0.0744. The van der Waals surface area contributed by atoms with Crippen LogP contribution in [-0.4, -0.2) is 47.8 Å². The number of hydrogen-bond donors (Lipinski definition) is 1. The van der Waals surface area contributed by atoms with Gasteiger partial charge in [-0.05, 0) is 18.9 Å². The van der Waals surface area contributed by atoms with Crippen molar-refractivity contribution in [2.24, 2.45) is 5.73 Å². The van der Waals surface area contributed by atoms with E-state index in [0.29, 0.717) is 24.2 Å². The Balaban J connectivity index is 1.75. The van der Waals surface area contributed by atoms with Crippen LogP contribution in [0.4, 0.5) is 9.18 Å². The normalized spacial score (nSPS) is 19.9. The summed E-state index contributed by atoms with van der Waals surface area (Å²) in [5, 5.41) is 0. The molecule has 1 fully saturated rings. The molecule has 0 radical (unpaired) electrons. The molecule has 0 aromatic carbocycles. The van der Waals surface area contributed by atoms with Crippen LogP contribution >= 0.6 is 0 Å². The molecule has 0 unspecified atom stereocenters. The number of carbonyl (C=O) groups is 2. The van der Waals surface area contributed by atoms with Crippen molar-refractivity contribution in [3.8, 4) is 5.88 Å². The SMILES string of the molecule is COc1ccc2ncc(F)c(CC(=O)[C@@H]3CC[C@@H](OC(N)=O)CO3)c2n1. The number of fused-ring (bicyclic) bond motifs is 1. The van der Waals surface area contributed by atoms with E-state index < -0.39 is 24.1 Å². The molecule has 0 bridgehead atoms. The molecule has 0 aliphatic carbocycles. The number of carbonyl (C=O) groups excluding carboxylic acids is 2. The zero-order valence-corrected chi connectivity index (χ0v) is 14.1. The lowest BCUT2D eigenvalue weighted by atomic mass is 9.98. The van der Waals surface area contributed by atoms with Gasteiger partial charge in [0.15, 0.2) is 5.78 Å². The third-order valence-corrected chi connectivity index (χ3v) is 4.18. The summed E-state index contributed by atoms with van der Waals surface area (Å²) in [6.07, 6.45) is -0.358. The Morgan fingerprint density at radius 1 is 1.38 bits per heavy atom. The minimum Gasteiger partial charge on any atom is -0.481 e. The Morgan fingerprint density at radius 3 is 2.85 bits per heavy atom. The van der Waals surface area contributed by atoms with Gasteiger partial charge < -0.3 is 19.9 Å². The maximum atomic E-state index is 14.3. The summed E-state index contributed by atoms with van der Waals surface area (Å²) in [5.41, 5.74) is 5.86. The molecule has 1 amide bonds. The van der Waals surface area contributed by atoms with Crippen molar-refractivity contribution in [2.75, 3.05) is 13.7 Å². The van der Waals surface area contributed by atoms with E-state index in [0.717, 1.165) is 6.20 Å². The van der Waals surface area contributed by atoms with Crippen molar-refractivity contribution < 1.29 is 28.2 Å². The first kappa shape index (κ1) is 18.0. The standard InChI is InChI=1S/C17H18FN3O5/c1-24-15-5-3-12-16(21-15)10(11(18)7-20-12)6-13(22)14-4-2-9(8-25-14)26-17(19)23/h3,5,7,9,14H,2,4,6,8H2,1H3,(H2,19,23)/t9-,14+/m1/s1. The van der Waals surface area contributed by atoms with Crippen molar-refractivity contribution >= 4 is 22.9 Å². The maximum Gasteiger partial charge on any atom is 0.404 e. The summed E-state index contributed by atoms with van der Waals surface area (Å²) in [5.74, 6) is -0.588. The Morgan fingerprint density at radius 2 is 2.19 bits per heavy atom. The van der Waals surface area contributed by atoms with Crippen molar-refractivity contribution in [3.05, 3.63) is 29.7 Å². The number of primary amides is 1. The van der Waals surface area contributed by atoms with Gasteiger partial charge in [-0.2, -0.15) is 0 Å². The van der Waals surface area contributed by atoms with Gasteiger partial charge in [0.25, 0.3) is 0 Å². The molecule has 1 aliphatic rings. The van der Waals surface area contributed by atoms with Gasteiger partial charge >= 0.3 is 6.09 Å². The van der Waals surface area contributed by atoms with Crippen LogP contribution in [0.5, 0.6) is 5.88 Å². The largest absolute Gasteiger partial charge is 0.481 e. The molecule has 2 N–H and O–H groups in total. The maximum absolute atomic E-state index is 14.3. The van der Waals surface area contributed by atoms with Crippen LogP contribution in [0, 0.1) is 5.82 Å². The fourth-order valence-corrected chi connectivity index (χ4v) is 2.89. The van der Waals surface area contributed by atoms with Crippen LogP contribution in [-0.2, 0) is 20.7 Å². The zero-order chi connectivity index (χ0) is 18.7. The molecule has 3 heterocycles. The molecule has 2 aromatic rings. The topological polar surface area (TPSA) is 114 Å². The lowest BCUT2D eigenvalue weighted by Gasteiger charge is -2.27. The fraction of sp³-hybridized carbons (Fsp3) is 0.412. The van der Waals surface area contributed by atoms with E-state index in [2.05, 4.69) is 9.97 Å². The van der Waals surface area contributed by atoms with Crippen molar-refractivity contribution in [3.63, 3.8) is 0 Å². The fourth-order valence-electron chi connectivity index (χ4n) is 2.89. The van der Waals surface area contributed by atoms with E-state index >= 15 is 0 Å². The molecule has 8 nitrogen and oxygen atoms in total. The van der Waals surface area contributed by atoms with E-state index in [1.165, 1.54) is 7.11 Å². The first-order chi connectivity index (χ1) is 12.5. The lowest BCUT2D eigenvalue weighted by Crippen LogP contribution is -2.38. The zero-order valence-electron chi connectivity index (χ0n) is 14.1. The van der Waals surface area contributed by atoms with Gasteiger partial charge in [-0.3, -0.25) is 9.78 Å². The van der Waals surface area contributed by atoms with Crippen LogP contribution in [0.15, 0.2) is 18.3 Å². The van der Waals surface area contributed by atoms with Gasteiger partial charge in [-0.1, -0.05) is 0 Å². The molecule has 2 aromatic heterocycles. The Labute approximate surface area is 148 Å². The summed E-state index contributed by atoms with van der Waals surface area (Å²) < 4.78 is 29.6. The molecule has 1 saturated heterocycles. The van der Waals surface area contributed by atoms with Gasteiger partial charge in [0.1, 0.15) is 18.0 Å². The highest BCUT2D eigenvalue weighted by Gasteiger charge is 2.29. The van der Waals surface area contributed by atoms with E-state index in [1.54, 1.807) is 12.1 Å². The van der Waals surface area contributed by atoms with Crippen LogP contribution in [0.2, 0.25) is 0 Å². The number of Topliss-reactive ketones (excluding diaryl/α,β-unsaturated/α-hetero) is 1. The predicted octanol–water partition coefficient (Wildman–Crippen LogP) is 1.53. The second-order valence-electron chi connectivity index (χ2n) is 5.91. The number of nitrogens with zero attached hydrogens (tertiary/aromatic N) is 2. The van der Waals surface area contributed by atoms with Crippen LogP contribution in [0.25, 0.3) is 11.0 Å². The Kier molecular flexibility index (Phi) is 5.27. The van der Waals surface area contributed by atoms with Gasteiger partial charge in [-0.15, -0.1) is 0 Å². The number of pyridine rings is 2. The molecular weight excluding hydrogens is 345 g/mol. The van der Waals surface area contributed by atoms with Crippen molar-refractivity contribution in [1.29, 1.82) is 0 Å². The highest BCUT2D eigenvalue weighted by atomic mass is 19.1. The number of ketones is 1. The summed E-state index contributed by atoms with van der Waals surface area (Å²) in [6.45, 7) is 0.0744. The summed E-state index contributed by atoms with van der Waals surface area (Å²) in [6, 6.07) is 3.26. The molecule has 138 valence electrons. The number of amides is 1. The highest BCUT2D eigenvalue weighted by Crippen LogP contribution is 2.24. The van der Waals surface area contributed by atoms with Crippen molar-refractivity contribution in [1.82, 2.24) is 9.97 Å². The molecule has 0 saturated carbocycles. The Bertz CT molecular complexity index is 837. The molecule has 26 heavy (non-hydrogen) atoms. The van der Waals surface area contributed by atoms with E-state index in [-0.39, 0.29) is 29.9 Å². The minimum atomic E-state index is -0.881. The molecule has 9 heteroatoms. The number of rotatable bonds is 5. The summed E-state index contributed by atoms with van der Waals surface area (Å²) >= 11 is 0. The highest BCUT2D eigenvalue weighted by molar-refractivity contribution is 5.89. The third-order valence-electron chi connectivity index (χ3n) is 4.18. The molecule has 1 aliphatic heterocycles. The van der Waals surface area contributed by atoms with Crippen LogP contribution in [0.3, 0.4) is 0 Å². The quantitative estimate of drug-likeness (QED) is 0.857. The number of ether oxygens (including phenoxy) is 3. The lowest BCUT2D eigenvalue weighted by molar-refractivity contribution is -0.137. The summed E-state index contributed by atoms with van der Waals surface area (Å²) in [7, 11) is 1.45. The number of hydrogen-bond acceptors (Lipinski definition) is 7. The molecular formula is C17H18FN3O5. The second-order valence-corrected chi connectivity index (χ2v) is 5.91. The monoisotopic (exact) mass is 363 g/mol. The van der Waals surface area contributed by atoms with Gasteiger partial charge in [-0.25, -0.2) is 14.2 Å². The molecule has 3 rings (SSSR count). The van der Waals surface area contributed by atoms with Gasteiger partial charge in [0, 0.05) is 18.1 Å². The average Bonchev–Trinajstić information content (AvgIpc) is 2.63. The number of nitrogens with two attached hydrogens (primary N) is 1. The number of halogens is 1. The van der Waals surface area contributed by atoms with Crippen LogP contribution < -0.4 is 10.5 Å². The first-order valence-electron chi connectivity index (χ1n) is 8.06. The first-order valence-corrected chi connectivity index (χ1v) is 8.06. The number of aromatic nitrogens is 2. The second kappa shape index (κ2) is 7.61. The smallest absolute Gasteiger partial charge is 0.404 e. The predicted molar refractivity (Wildman–Crippen MR) is 88.2 cm³/mol. The Hall–Kier alpha value is -2.81. The third kappa shape index (κ3) is 3.88. The van der Waals surface area contributed by atoms with Crippen molar-refractivity contribution in [2.45, 2.75) is 31.5 Å². The molecule has 0 spiro atoms. The molecule has 2 atom stereocenters. The van der Waals surface area contributed by atoms with E-state index in [9.17, 15) is 14.0 Å². The number of methoxy groups -OCH3 is 1. The van der Waals surface area contributed by atoms with E-state index in [1.807, 2.05) is 0 Å².